The quantitative estimate of drug-likeness (QED) is 0.638. The molecule has 1 N–H and O–H groups in total. The Balaban J connectivity index is 1.95. The van der Waals surface area contributed by atoms with Crippen LogP contribution in [-0.4, -0.2) is 31.5 Å². The Morgan fingerprint density at radius 1 is 1.23 bits per heavy atom. The summed E-state index contributed by atoms with van der Waals surface area (Å²) in [5.74, 6) is 1.11. The number of aliphatic hydroxyl groups excluding tert-OH is 1. The van der Waals surface area contributed by atoms with Crippen molar-refractivity contribution in [2.75, 3.05) is 26.4 Å². The summed E-state index contributed by atoms with van der Waals surface area (Å²) in [5.41, 5.74) is 0. The number of allylic oxidation sites excluding steroid dienone is 2. The van der Waals surface area contributed by atoms with Gasteiger partial charge in [0, 0.05) is 6.42 Å². The molecule has 0 aromatic rings. The molecule has 1 aliphatic carbocycles. The minimum atomic E-state index is 0.0860. The molecule has 0 fully saturated rings. The molecule has 13 heavy (non-hydrogen) atoms. The summed E-state index contributed by atoms with van der Waals surface area (Å²) >= 11 is 0. The standard InChI is InChI=1S/C10H18O3/c11-6-7-12-8-9-13-10-4-2-1-3-5-10/h4,11H,1-3,5-9H2. The van der Waals surface area contributed by atoms with Gasteiger partial charge < -0.3 is 14.6 Å². The molecular weight excluding hydrogens is 168 g/mol. The van der Waals surface area contributed by atoms with E-state index in [4.69, 9.17) is 14.6 Å². The SMILES string of the molecule is OCCOCCOC1=CCCCC1. The van der Waals surface area contributed by atoms with Gasteiger partial charge in [-0.3, -0.25) is 0 Å². The highest BCUT2D eigenvalue weighted by Gasteiger charge is 2.03. The van der Waals surface area contributed by atoms with Crippen molar-refractivity contribution in [3.63, 3.8) is 0 Å². The zero-order valence-corrected chi connectivity index (χ0v) is 8.00. The van der Waals surface area contributed by atoms with Gasteiger partial charge in [-0.2, -0.15) is 0 Å². The Bertz CT molecular complexity index is 154. The van der Waals surface area contributed by atoms with Gasteiger partial charge in [-0.1, -0.05) is 0 Å². The Hall–Kier alpha value is -0.540. The average Bonchev–Trinajstić information content (AvgIpc) is 2.19. The Morgan fingerprint density at radius 3 is 2.85 bits per heavy atom. The zero-order valence-electron chi connectivity index (χ0n) is 8.00. The van der Waals surface area contributed by atoms with Crippen LogP contribution in [-0.2, 0) is 9.47 Å². The largest absolute Gasteiger partial charge is 0.496 e. The van der Waals surface area contributed by atoms with Crippen LogP contribution in [0.5, 0.6) is 0 Å². The summed E-state index contributed by atoms with van der Waals surface area (Å²) in [7, 11) is 0. The van der Waals surface area contributed by atoms with Crippen LogP contribution in [0, 0.1) is 0 Å². The maximum Gasteiger partial charge on any atom is 0.111 e. The highest BCUT2D eigenvalue weighted by Crippen LogP contribution is 2.17. The minimum Gasteiger partial charge on any atom is -0.496 e. The first-order valence-corrected chi connectivity index (χ1v) is 4.94. The van der Waals surface area contributed by atoms with Crippen molar-refractivity contribution in [3.05, 3.63) is 11.8 Å². The van der Waals surface area contributed by atoms with Gasteiger partial charge in [-0.25, -0.2) is 0 Å². The van der Waals surface area contributed by atoms with Crippen molar-refractivity contribution in [1.82, 2.24) is 0 Å². The number of rotatable bonds is 6. The molecule has 0 aromatic carbocycles. The Morgan fingerprint density at radius 2 is 2.15 bits per heavy atom. The fourth-order valence-corrected chi connectivity index (χ4v) is 1.34. The second kappa shape index (κ2) is 6.92. The van der Waals surface area contributed by atoms with E-state index in [0.717, 1.165) is 18.6 Å². The van der Waals surface area contributed by atoms with Crippen molar-refractivity contribution < 1.29 is 14.6 Å². The third-order valence-corrected chi connectivity index (χ3v) is 2.00. The molecule has 1 aliphatic rings. The molecule has 0 aromatic heterocycles. The van der Waals surface area contributed by atoms with E-state index >= 15 is 0 Å². The summed E-state index contributed by atoms with van der Waals surface area (Å²) < 4.78 is 10.6. The monoisotopic (exact) mass is 186 g/mol. The molecule has 0 saturated carbocycles. The molecule has 0 heterocycles. The van der Waals surface area contributed by atoms with E-state index in [0.29, 0.717) is 19.8 Å². The molecule has 0 atom stereocenters. The number of hydrogen-bond donors (Lipinski definition) is 1. The van der Waals surface area contributed by atoms with Crippen LogP contribution < -0.4 is 0 Å². The van der Waals surface area contributed by atoms with Crippen molar-refractivity contribution in [2.24, 2.45) is 0 Å². The van der Waals surface area contributed by atoms with Crippen LogP contribution >= 0.6 is 0 Å². The van der Waals surface area contributed by atoms with Gasteiger partial charge in [0.05, 0.1) is 25.6 Å². The highest BCUT2D eigenvalue weighted by molar-refractivity contribution is 4.96. The first-order valence-electron chi connectivity index (χ1n) is 4.94. The van der Waals surface area contributed by atoms with E-state index in [9.17, 15) is 0 Å². The van der Waals surface area contributed by atoms with Gasteiger partial charge in [-0.15, -0.1) is 0 Å². The third kappa shape index (κ3) is 4.90. The lowest BCUT2D eigenvalue weighted by Gasteiger charge is -2.13. The topological polar surface area (TPSA) is 38.7 Å². The molecule has 0 radical (unpaired) electrons. The van der Waals surface area contributed by atoms with Gasteiger partial charge >= 0.3 is 0 Å². The van der Waals surface area contributed by atoms with Crippen LogP contribution in [0.15, 0.2) is 11.8 Å². The summed E-state index contributed by atoms with van der Waals surface area (Å²) in [5, 5.41) is 8.44. The molecule has 0 bridgehead atoms. The van der Waals surface area contributed by atoms with Crippen molar-refractivity contribution in [2.45, 2.75) is 25.7 Å². The Kier molecular flexibility index (Phi) is 5.61. The molecule has 3 heteroatoms. The lowest BCUT2D eigenvalue weighted by Crippen LogP contribution is -2.08. The van der Waals surface area contributed by atoms with Crippen molar-refractivity contribution in [1.29, 1.82) is 0 Å². The summed E-state index contributed by atoms with van der Waals surface area (Å²) in [6.45, 7) is 1.66. The zero-order chi connectivity index (χ0) is 9.36. The van der Waals surface area contributed by atoms with Crippen LogP contribution in [0.4, 0.5) is 0 Å². The first kappa shape index (κ1) is 10.5. The predicted octanol–water partition coefficient (Wildman–Crippen LogP) is 1.47. The van der Waals surface area contributed by atoms with Gasteiger partial charge in [0.15, 0.2) is 0 Å². The molecule has 0 aliphatic heterocycles. The number of aliphatic hydroxyl groups is 1. The third-order valence-electron chi connectivity index (χ3n) is 2.00. The maximum atomic E-state index is 8.44. The molecule has 3 nitrogen and oxygen atoms in total. The fourth-order valence-electron chi connectivity index (χ4n) is 1.34. The van der Waals surface area contributed by atoms with Crippen molar-refractivity contribution >= 4 is 0 Å². The van der Waals surface area contributed by atoms with Crippen LogP contribution in [0.1, 0.15) is 25.7 Å². The van der Waals surface area contributed by atoms with E-state index in [1.54, 1.807) is 0 Å². The van der Waals surface area contributed by atoms with E-state index in [-0.39, 0.29) is 6.61 Å². The van der Waals surface area contributed by atoms with Crippen LogP contribution in [0.2, 0.25) is 0 Å². The van der Waals surface area contributed by atoms with Crippen LogP contribution in [0.3, 0.4) is 0 Å². The molecule has 0 unspecified atom stereocenters. The molecule has 1 rings (SSSR count). The molecular formula is C10H18O3. The Labute approximate surface area is 79.3 Å². The van der Waals surface area contributed by atoms with E-state index in [1.807, 2.05) is 0 Å². The van der Waals surface area contributed by atoms with Gasteiger partial charge in [-0.05, 0) is 25.3 Å². The van der Waals surface area contributed by atoms with Gasteiger partial charge in [0.2, 0.25) is 0 Å². The lowest BCUT2D eigenvalue weighted by atomic mass is 10.1. The molecule has 76 valence electrons. The molecule has 0 saturated heterocycles. The summed E-state index contributed by atoms with van der Waals surface area (Å²) in [4.78, 5) is 0. The first-order chi connectivity index (χ1) is 6.43. The van der Waals surface area contributed by atoms with E-state index in [2.05, 4.69) is 6.08 Å². The van der Waals surface area contributed by atoms with Gasteiger partial charge in [0.1, 0.15) is 6.61 Å². The average molecular weight is 186 g/mol. The maximum absolute atomic E-state index is 8.44. The smallest absolute Gasteiger partial charge is 0.111 e. The van der Waals surface area contributed by atoms with Crippen molar-refractivity contribution in [3.8, 4) is 0 Å². The van der Waals surface area contributed by atoms with E-state index in [1.165, 1.54) is 12.8 Å². The van der Waals surface area contributed by atoms with Gasteiger partial charge in [0.25, 0.3) is 0 Å². The fraction of sp³-hybridized carbons (Fsp3) is 0.800. The number of ether oxygens (including phenoxy) is 2. The number of hydrogen-bond acceptors (Lipinski definition) is 3. The summed E-state index contributed by atoms with van der Waals surface area (Å²) in [6, 6.07) is 0. The predicted molar refractivity (Wildman–Crippen MR) is 50.4 cm³/mol. The second-order valence-corrected chi connectivity index (χ2v) is 3.10. The molecule has 0 amide bonds. The minimum absolute atomic E-state index is 0.0860. The lowest BCUT2D eigenvalue weighted by molar-refractivity contribution is 0.0512. The normalized spacial score (nSPS) is 16.8. The van der Waals surface area contributed by atoms with E-state index < -0.39 is 0 Å². The van der Waals surface area contributed by atoms with Crippen LogP contribution in [0.25, 0.3) is 0 Å². The molecule has 0 spiro atoms. The second-order valence-electron chi connectivity index (χ2n) is 3.10. The highest BCUT2D eigenvalue weighted by atomic mass is 16.5. The summed E-state index contributed by atoms with van der Waals surface area (Å²) in [6.07, 6.45) is 6.90.